The number of nitrogens with one attached hydrogen (secondary N) is 2. The molecule has 1 aromatic heterocycles. The van der Waals surface area contributed by atoms with Gasteiger partial charge in [-0.1, -0.05) is 37.1 Å². The van der Waals surface area contributed by atoms with E-state index in [0.29, 0.717) is 5.92 Å². The lowest BCUT2D eigenvalue weighted by Gasteiger charge is -2.24. The standard InChI is InChI=1S/C16H20N4/c1-2-6-11(5-1)15-18-16(20-19-15)14-9-12-7-3-4-8-13(12)10-17-14/h3-4,7-8,11,14,17H,1-2,5-6,9-10H2,(H,18,19,20)/t14-/m0/s1. The monoisotopic (exact) mass is 268 g/mol. The number of aromatic nitrogens is 3. The molecule has 0 radical (unpaired) electrons. The second kappa shape index (κ2) is 5.02. The fourth-order valence-electron chi connectivity index (χ4n) is 3.46. The van der Waals surface area contributed by atoms with Crippen LogP contribution in [0.15, 0.2) is 24.3 Å². The van der Waals surface area contributed by atoms with Crippen molar-refractivity contribution in [2.75, 3.05) is 0 Å². The topological polar surface area (TPSA) is 53.6 Å². The van der Waals surface area contributed by atoms with Crippen LogP contribution in [-0.4, -0.2) is 15.2 Å². The van der Waals surface area contributed by atoms with E-state index in [1.54, 1.807) is 0 Å². The third-order valence-electron chi connectivity index (χ3n) is 4.65. The highest BCUT2D eigenvalue weighted by Crippen LogP contribution is 2.32. The molecule has 104 valence electrons. The number of hydrogen-bond donors (Lipinski definition) is 2. The maximum Gasteiger partial charge on any atom is 0.153 e. The van der Waals surface area contributed by atoms with Gasteiger partial charge in [-0.15, -0.1) is 0 Å². The maximum atomic E-state index is 4.76. The second-order valence-electron chi connectivity index (χ2n) is 5.97. The van der Waals surface area contributed by atoms with Gasteiger partial charge in [0, 0.05) is 12.5 Å². The quantitative estimate of drug-likeness (QED) is 0.880. The lowest BCUT2D eigenvalue weighted by atomic mass is 9.95. The van der Waals surface area contributed by atoms with Crippen LogP contribution in [0.2, 0.25) is 0 Å². The highest BCUT2D eigenvalue weighted by molar-refractivity contribution is 5.30. The fraction of sp³-hybridized carbons (Fsp3) is 0.500. The van der Waals surface area contributed by atoms with Crippen LogP contribution < -0.4 is 5.32 Å². The average Bonchev–Trinajstić information content (AvgIpc) is 3.17. The predicted octanol–water partition coefficient (Wildman–Crippen LogP) is 2.85. The van der Waals surface area contributed by atoms with Gasteiger partial charge in [0.2, 0.25) is 0 Å². The molecule has 4 heteroatoms. The van der Waals surface area contributed by atoms with Crippen LogP contribution in [0.3, 0.4) is 0 Å². The zero-order valence-electron chi connectivity index (χ0n) is 11.6. The van der Waals surface area contributed by atoms with Gasteiger partial charge < -0.3 is 5.32 Å². The lowest BCUT2D eigenvalue weighted by Crippen LogP contribution is -2.29. The highest BCUT2D eigenvalue weighted by Gasteiger charge is 2.25. The summed E-state index contributed by atoms with van der Waals surface area (Å²) in [5, 5.41) is 11.2. The van der Waals surface area contributed by atoms with Gasteiger partial charge in [0.1, 0.15) is 5.82 Å². The van der Waals surface area contributed by atoms with Gasteiger partial charge >= 0.3 is 0 Å². The van der Waals surface area contributed by atoms with Crippen molar-refractivity contribution in [1.82, 2.24) is 20.5 Å². The van der Waals surface area contributed by atoms with Crippen LogP contribution in [0.1, 0.15) is 60.4 Å². The molecule has 1 aromatic carbocycles. The Balaban J connectivity index is 1.54. The summed E-state index contributed by atoms with van der Waals surface area (Å²) >= 11 is 0. The van der Waals surface area contributed by atoms with Crippen LogP contribution in [0.5, 0.6) is 0 Å². The fourth-order valence-corrected chi connectivity index (χ4v) is 3.46. The van der Waals surface area contributed by atoms with Crippen molar-refractivity contribution in [3.05, 3.63) is 47.0 Å². The van der Waals surface area contributed by atoms with Crippen LogP contribution in [0.4, 0.5) is 0 Å². The predicted molar refractivity (Wildman–Crippen MR) is 77.3 cm³/mol. The minimum absolute atomic E-state index is 0.271. The summed E-state index contributed by atoms with van der Waals surface area (Å²) in [6.45, 7) is 0.917. The van der Waals surface area contributed by atoms with E-state index in [-0.39, 0.29) is 6.04 Å². The van der Waals surface area contributed by atoms with E-state index < -0.39 is 0 Å². The van der Waals surface area contributed by atoms with E-state index in [4.69, 9.17) is 4.98 Å². The van der Waals surface area contributed by atoms with Crippen LogP contribution in [-0.2, 0) is 13.0 Å². The Morgan fingerprint density at radius 2 is 1.85 bits per heavy atom. The highest BCUT2D eigenvalue weighted by atomic mass is 15.2. The first-order valence-electron chi connectivity index (χ1n) is 7.62. The zero-order chi connectivity index (χ0) is 13.4. The third-order valence-corrected chi connectivity index (χ3v) is 4.65. The molecule has 4 nitrogen and oxygen atoms in total. The van der Waals surface area contributed by atoms with Crippen LogP contribution >= 0.6 is 0 Å². The molecule has 2 N–H and O–H groups in total. The molecule has 0 unspecified atom stereocenters. The molecule has 1 aliphatic heterocycles. The molecule has 0 spiro atoms. The van der Waals surface area contributed by atoms with Gasteiger partial charge in [-0.2, -0.15) is 5.10 Å². The Bertz CT molecular complexity index is 598. The Labute approximate surface area is 119 Å². The largest absolute Gasteiger partial charge is 0.303 e. The Morgan fingerprint density at radius 3 is 2.70 bits per heavy atom. The summed E-state index contributed by atoms with van der Waals surface area (Å²) in [5.74, 6) is 2.61. The molecule has 1 fully saturated rings. The first kappa shape index (κ1) is 12.1. The van der Waals surface area contributed by atoms with E-state index in [0.717, 1.165) is 24.6 Å². The van der Waals surface area contributed by atoms with E-state index in [1.807, 2.05) is 0 Å². The molecule has 1 saturated carbocycles. The van der Waals surface area contributed by atoms with Crippen molar-refractivity contribution in [2.24, 2.45) is 0 Å². The number of rotatable bonds is 2. The van der Waals surface area contributed by atoms with Crippen LogP contribution in [0, 0.1) is 0 Å². The molecule has 20 heavy (non-hydrogen) atoms. The van der Waals surface area contributed by atoms with Gasteiger partial charge in [0.15, 0.2) is 5.82 Å². The first-order chi connectivity index (χ1) is 9.90. The SMILES string of the molecule is c1ccc2c(c1)CN[C@H](c1nc(C3CCCC3)n[nH]1)C2. The molecule has 0 amide bonds. The van der Waals surface area contributed by atoms with Crippen molar-refractivity contribution in [1.29, 1.82) is 0 Å². The van der Waals surface area contributed by atoms with Gasteiger partial charge in [-0.05, 0) is 30.4 Å². The van der Waals surface area contributed by atoms with Crippen molar-refractivity contribution >= 4 is 0 Å². The number of benzene rings is 1. The number of hydrogen-bond acceptors (Lipinski definition) is 3. The number of fused-ring (bicyclic) bond motifs is 1. The van der Waals surface area contributed by atoms with Crippen molar-refractivity contribution in [3.63, 3.8) is 0 Å². The second-order valence-corrected chi connectivity index (χ2v) is 5.97. The summed E-state index contributed by atoms with van der Waals surface area (Å²) in [6, 6.07) is 8.91. The molecule has 0 bridgehead atoms. The smallest absolute Gasteiger partial charge is 0.153 e. The number of aromatic amines is 1. The molecule has 4 rings (SSSR count). The molecular weight excluding hydrogens is 248 g/mol. The number of nitrogens with zero attached hydrogens (tertiary/aromatic N) is 2. The lowest BCUT2D eigenvalue weighted by molar-refractivity contribution is 0.477. The normalized spacial score (nSPS) is 22.9. The van der Waals surface area contributed by atoms with Gasteiger partial charge in [0.25, 0.3) is 0 Å². The third kappa shape index (κ3) is 2.14. The number of H-pyrrole nitrogens is 1. The molecule has 2 aliphatic rings. The summed E-state index contributed by atoms with van der Waals surface area (Å²) in [6.07, 6.45) is 6.14. The Kier molecular flexibility index (Phi) is 3.03. The molecule has 2 heterocycles. The first-order valence-corrected chi connectivity index (χ1v) is 7.62. The van der Waals surface area contributed by atoms with E-state index >= 15 is 0 Å². The molecule has 1 aliphatic carbocycles. The summed E-state index contributed by atoms with van der Waals surface area (Å²) < 4.78 is 0. The zero-order valence-corrected chi connectivity index (χ0v) is 11.6. The van der Waals surface area contributed by atoms with Crippen molar-refractivity contribution in [3.8, 4) is 0 Å². The summed E-state index contributed by atoms with van der Waals surface area (Å²) in [5.41, 5.74) is 2.83. The van der Waals surface area contributed by atoms with Crippen LogP contribution in [0.25, 0.3) is 0 Å². The van der Waals surface area contributed by atoms with Gasteiger partial charge in [-0.3, -0.25) is 5.10 Å². The Hall–Kier alpha value is -1.68. The van der Waals surface area contributed by atoms with Gasteiger partial charge in [0.05, 0.1) is 6.04 Å². The molecule has 1 atom stereocenters. The molecular formula is C16H20N4. The Morgan fingerprint density at radius 1 is 1.05 bits per heavy atom. The van der Waals surface area contributed by atoms with E-state index in [9.17, 15) is 0 Å². The minimum atomic E-state index is 0.271. The van der Waals surface area contributed by atoms with E-state index in [2.05, 4.69) is 39.8 Å². The minimum Gasteiger partial charge on any atom is -0.303 e. The summed E-state index contributed by atoms with van der Waals surface area (Å²) in [4.78, 5) is 4.76. The summed E-state index contributed by atoms with van der Waals surface area (Å²) in [7, 11) is 0. The average molecular weight is 268 g/mol. The van der Waals surface area contributed by atoms with Gasteiger partial charge in [-0.25, -0.2) is 4.98 Å². The van der Waals surface area contributed by atoms with E-state index in [1.165, 1.54) is 36.8 Å². The van der Waals surface area contributed by atoms with Crippen molar-refractivity contribution in [2.45, 2.75) is 50.6 Å². The van der Waals surface area contributed by atoms with Crippen molar-refractivity contribution < 1.29 is 0 Å². The molecule has 2 aromatic rings. The maximum absolute atomic E-state index is 4.76. The molecule has 0 saturated heterocycles.